The zero-order valence-electron chi connectivity index (χ0n) is 14.7. The van der Waals surface area contributed by atoms with Crippen LogP contribution in [-0.2, 0) is 9.47 Å². The van der Waals surface area contributed by atoms with E-state index in [-0.39, 0.29) is 12.1 Å². The zero-order valence-corrected chi connectivity index (χ0v) is 14.7. The Labute approximate surface area is 149 Å². The van der Waals surface area contributed by atoms with Crippen LogP contribution in [0.5, 0.6) is 5.75 Å². The van der Waals surface area contributed by atoms with E-state index < -0.39 is 0 Å². The van der Waals surface area contributed by atoms with Crippen molar-refractivity contribution in [3.8, 4) is 5.75 Å². The number of esters is 1. The summed E-state index contributed by atoms with van der Waals surface area (Å²) < 4.78 is 16.8. The average molecular weight is 348 g/mol. The van der Waals surface area contributed by atoms with Gasteiger partial charge in [-0.15, -0.1) is 0 Å². The van der Waals surface area contributed by atoms with Crippen molar-refractivity contribution in [1.82, 2.24) is 4.90 Å². The largest absolute Gasteiger partial charge is 0.490 e. The summed E-state index contributed by atoms with van der Waals surface area (Å²) in [5.74, 6) is 0.260. The van der Waals surface area contributed by atoms with Crippen LogP contribution < -0.4 is 10.5 Å². The molecule has 0 atom stereocenters. The van der Waals surface area contributed by atoms with Gasteiger partial charge in [-0.2, -0.15) is 0 Å². The molecule has 1 aromatic rings. The smallest absolute Gasteiger partial charge is 0.338 e. The first-order valence-electron chi connectivity index (χ1n) is 9.26. The Bertz CT molecular complexity index is 567. The standard InChI is InChI=1S/C19H28N2O4/c20-17-7-6-15(19(22)25-16-4-2-1-3-5-16)14-18(17)24-13-10-21-8-11-23-12-9-21/h6-7,14,16H,1-5,8-13,20H2. The Morgan fingerprint density at radius 2 is 1.96 bits per heavy atom. The Kier molecular flexibility index (Phi) is 6.53. The highest BCUT2D eigenvalue weighted by Gasteiger charge is 2.19. The molecule has 6 nitrogen and oxygen atoms in total. The van der Waals surface area contributed by atoms with E-state index in [0.29, 0.717) is 23.6 Å². The zero-order chi connectivity index (χ0) is 17.5. The molecule has 3 rings (SSSR count). The maximum Gasteiger partial charge on any atom is 0.338 e. The van der Waals surface area contributed by atoms with Crippen molar-refractivity contribution >= 4 is 11.7 Å². The molecule has 0 radical (unpaired) electrons. The van der Waals surface area contributed by atoms with Crippen LogP contribution in [0, 0.1) is 0 Å². The van der Waals surface area contributed by atoms with E-state index in [1.165, 1.54) is 6.42 Å². The summed E-state index contributed by atoms with van der Waals surface area (Å²) in [6.45, 7) is 4.74. The van der Waals surface area contributed by atoms with Crippen molar-refractivity contribution in [1.29, 1.82) is 0 Å². The van der Waals surface area contributed by atoms with Crippen molar-refractivity contribution in [3.05, 3.63) is 23.8 Å². The van der Waals surface area contributed by atoms with E-state index >= 15 is 0 Å². The second kappa shape index (κ2) is 9.06. The molecule has 0 spiro atoms. The van der Waals surface area contributed by atoms with Crippen molar-refractivity contribution < 1.29 is 19.0 Å². The summed E-state index contributed by atoms with van der Waals surface area (Å²) in [5, 5.41) is 0. The minimum Gasteiger partial charge on any atom is -0.490 e. The van der Waals surface area contributed by atoms with Gasteiger partial charge in [0.1, 0.15) is 18.5 Å². The summed E-state index contributed by atoms with van der Waals surface area (Å²) in [6.07, 6.45) is 5.47. The predicted octanol–water partition coefficient (Wildman–Crippen LogP) is 2.47. The van der Waals surface area contributed by atoms with E-state index in [4.69, 9.17) is 19.9 Å². The number of carbonyl (C=O) groups is 1. The molecule has 1 aliphatic heterocycles. The number of nitrogens with two attached hydrogens (primary N) is 1. The number of hydrogen-bond donors (Lipinski definition) is 1. The van der Waals surface area contributed by atoms with Crippen LogP contribution in [-0.4, -0.2) is 56.4 Å². The maximum atomic E-state index is 12.4. The number of anilines is 1. The van der Waals surface area contributed by atoms with Gasteiger partial charge in [-0.3, -0.25) is 4.90 Å². The van der Waals surface area contributed by atoms with Crippen molar-refractivity contribution in [3.63, 3.8) is 0 Å². The Balaban J connectivity index is 1.52. The summed E-state index contributed by atoms with van der Waals surface area (Å²) in [4.78, 5) is 14.6. The lowest BCUT2D eigenvalue weighted by Gasteiger charge is -2.26. The highest BCUT2D eigenvalue weighted by molar-refractivity contribution is 5.90. The van der Waals surface area contributed by atoms with E-state index in [1.54, 1.807) is 18.2 Å². The average Bonchev–Trinajstić information content (AvgIpc) is 2.65. The summed E-state index contributed by atoms with van der Waals surface area (Å²) in [7, 11) is 0. The molecule has 0 bridgehead atoms. The molecule has 6 heteroatoms. The Hall–Kier alpha value is -1.79. The lowest BCUT2D eigenvalue weighted by atomic mass is 9.98. The summed E-state index contributed by atoms with van der Waals surface area (Å²) >= 11 is 0. The van der Waals surface area contributed by atoms with Gasteiger partial charge in [0.2, 0.25) is 0 Å². The third-order valence-electron chi connectivity index (χ3n) is 4.84. The molecule has 0 unspecified atom stereocenters. The molecule has 138 valence electrons. The van der Waals surface area contributed by atoms with Crippen LogP contribution in [0.15, 0.2) is 18.2 Å². The highest BCUT2D eigenvalue weighted by atomic mass is 16.5. The van der Waals surface area contributed by atoms with E-state index in [1.807, 2.05) is 0 Å². The minimum atomic E-state index is -0.287. The SMILES string of the molecule is Nc1ccc(C(=O)OC2CCCCC2)cc1OCCN1CCOCC1. The summed E-state index contributed by atoms with van der Waals surface area (Å²) in [6, 6.07) is 5.11. The number of ether oxygens (including phenoxy) is 3. The number of carbonyl (C=O) groups excluding carboxylic acids is 1. The fraction of sp³-hybridized carbons (Fsp3) is 0.632. The maximum absolute atomic E-state index is 12.4. The van der Waals surface area contributed by atoms with E-state index in [2.05, 4.69) is 4.90 Å². The first-order chi connectivity index (χ1) is 12.2. The second-order valence-electron chi connectivity index (χ2n) is 6.72. The summed E-state index contributed by atoms with van der Waals surface area (Å²) in [5.41, 5.74) is 7.02. The molecule has 0 amide bonds. The van der Waals surface area contributed by atoms with Gasteiger partial charge in [-0.25, -0.2) is 4.79 Å². The number of morpholine rings is 1. The number of nitrogen functional groups attached to an aromatic ring is 1. The molecule has 1 heterocycles. The van der Waals surface area contributed by atoms with Gasteiger partial charge in [0.15, 0.2) is 0 Å². The van der Waals surface area contributed by atoms with Crippen molar-refractivity contribution in [2.75, 3.05) is 45.2 Å². The van der Waals surface area contributed by atoms with Crippen LogP contribution >= 0.6 is 0 Å². The monoisotopic (exact) mass is 348 g/mol. The molecule has 2 fully saturated rings. The van der Waals surface area contributed by atoms with Crippen LogP contribution in [0.25, 0.3) is 0 Å². The van der Waals surface area contributed by atoms with Crippen LogP contribution in [0.3, 0.4) is 0 Å². The second-order valence-corrected chi connectivity index (χ2v) is 6.72. The molecule has 1 saturated carbocycles. The molecular weight excluding hydrogens is 320 g/mol. The Morgan fingerprint density at radius 1 is 1.20 bits per heavy atom. The molecular formula is C19H28N2O4. The van der Waals surface area contributed by atoms with Gasteiger partial charge < -0.3 is 19.9 Å². The van der Waals surface area contributed by atoms with E-state index in [9.17, 15) is 4.79 Å². The van der Waals surface area contributed by atoms with Crippen molar-refractivity contribution in [2.45, 2.75) is 38.2 Å². The topological polar surface area (TPSA) is 74.0 Å². The number of benzene rings is 1. The number of rotatable bonds is 6. The van der Waals surface area contributed by atoms with Gasteiger partial charge in [-0.05, 0) is 43.9 Å². The molecule has 25 heavy (non-hydrogen) atoms. The quantitative estimate of drug-likeness (QED) is 0.629. The normalized spacial score (nSPS) is 19.5. The van der Waals surface area contributed by atoms with Crippen molar-refractivity contribution in [2.24, 2.45) is 0 Å². The van der Waals surface area contributed by atoms with Crippen LogP contribution in [0.4, 0.5) is 5.69 Å². The highest BCUT2D eigenvalue weighted by Crippen LogP contribution is 2.25. The molecule has 0 aromatic heterocycles. The Morgan fingerprint density at radius 3 is 2.72 bits per heavy atom. The number of hydrogen-bond acceptors (Lipinski definition) is 6. The number of nitrogens with zero attached hydrogens (tertiary/aromatic N) is 1. The molecule has 2 N–H and O–H groups in total. The fourth-order valence-electron chi connectivity index (χ4n) is 3.30. The van der Waals surface area contributed by atoms with Gasteiger partial charge in [0.05, 0.1) is 24.5 Å². The van der Waals surface area contributed by atoms with Gasteiger partial charge in [0, 0.05) is 19.6 Å². The molecule has 1 aromatic carbocycles. The minimum absolute atomic E-state index is 0.0458. The first-order valence-corrected chi connectivity index (χ1v) is 9.26. The lowest BCUT2D eigenvalue weighted by Crippen LogP contribution is -2.38. The molecule has 2 aliphatic rings. The lowest BCUT2D eigenvalue weighted by molar-refractivity contribution is 0.0210. The van der Waals surface area contributed by atoms with Gasteiger partial charge in [-0.1, -0.05) is 6.42 Å². The van der Waals surface area contributed by atoms with Crippen LogP contribution in [0.1, 0.15) is 42.5 Å². The third kappa shape index (κ3) is 5.34. The third-order valence-corrected chi connectivity index (χ3v) is 4.84. The van der Waals surface area contributed by atoms with Gasteiger partial charge in [0.25, 0.3) is 0 Å². The van der Waals surface area contributed by atoms with Crippen LogP contribution in [0.2, 0.25) is 0 Å². The molecule has 1 aliphatic carbocycles. The fourth-order valence-corrected chi connectivity index (χ4v) is 3.30. The van der Waals surface area contributed by atoms with E-state index in [0.717, 1.165) is 58.5 Å². The first kappa shape index (κ1) is 18.0. The molecule has 1 saturated heterocycles. The van der Waals surface area contributed by atoms with Gasteiger partial charge >= 0.3 is 5.97 Å². The predicted molar refractivity (Wildman–Crippen MR) is 95.9 cm³/mol.